The van der Waals surface area contributed by atoms with Gasteiger partial charge in [-0.05, 0) is 54.2 Å². The summed E-state index contributed by atoms with van der Waals surface area (Å²) in [5.41, 5.74) is 1.05. The summed E-state index contributed by atoms with van der Waals surface area (Å²) >= 11 is 9.32. The Kier molecular flexibility index (Phi) is 4.91. The van der Waals surface area contributed by atoms with Crippen LogP contribution in [-0.2, 0) is 13.2 Å². The topological polar surface area (TPSA) is 34.4 Å². The Balaban J connectivity index is 2.05. The second-order valence-electron chi connectivity index (χ2n) is 4.19. The molecule has 102 valence electrons. The van der Waals surface area contributed by atoms with Gasteiger partial charge in [-0.25, -0.2) is 0 Å². The molecule has 1 aromatic carbocycles. The predicted molar refractivity (Wildman–Crippen MR) is 79.7 cm³/mol. The standard InChI is InChI=1S/C14H15BrClNO2/c1-9-10(5-12(19-9)7-17-2)8-18-14-4-3-11(16)6-13(14)15/h3-6,17H,7-8H2,1-2H3. The molecule has 0 atom stereocenters. The van der Waals surface area contributed by atoms with Crippen molar-refractivity contribution in [2.45, 2.75) is 20.1 Å². The van der Waals surface area contributed by atoms with Crippen LogP contribution in [0, 0.1) is 6.92 Å². The fraction of sp³-hybridized carbons (Fsp3) is 0.286. The molecule has 2 rings (SSSR count). The molecule has 19 heavy (non-hydrogen) atoms. The lowest BCUT2D eigenvalue weighted by atomic mass is 10.2. The molecule has 0 unspecified atom stereocenters. The molecule has 1 heterocycles. The van der Waals surface area contributed by atoms with Gasteiger partial charge in [0, 0.05) is 10.6 Å². The third-order valence-electron chi connectivity index (χ3n) is 2.70. The molecule has 0 amide bonds. The molecule has 0 saturated carbocycles. The van der Waals surface area contributed by atoms with E-state index in [1.54, 1.807) is 6.07 Å². The van der Waals surface area contributed by atoms with E-state index in [2.05, 4.69) is 21.2 Å². The van der Waals surface area contributed by atoms with E-state index in [9.17, 15) is 0 Å². The highest BCUT2D eigenvalue weighted by Crippen LogP contribution is 2.29. The fourth-order valence-electron chi connectivity index (χ4n) is 1.74. The molecule has 2 aromatic rings. The van der Waals surface area contributed by atoms with E-state index in [1.807, 2.05) is 32.2 Å². The van der Waals surface area contributed by atoms with Crippen molar-refractivity contribution in [1.29, 1.82) is 0 Å². The van der Waals surface area contributed by atoms with Crippen LogP contribution in [0.2, 0.25) is 5.02 Å². The largest absolute Gasteiger partial charge is 0.488 e. The quantitative estimate of drug-likeness (QED) is 0.878. The summed E-state index contributed by atoms with van der Waals surface area (Å²) < 4.78 is 12.2. The lowest BCUT2D eigenvalue weighted by molar-refractivity contribution is 0.301. The molecule has 0 spiro atoms. The van der Waals surface area contributed by atoms with Crippen LogP contribution in [0.15, 0.2) is 33.2 Å². The minimum atomic E-state index is 0.472. The van der Waals surface area contributed by atoms with Crippen molar-refractivity contribution in [3.8, 4) is 5.75 Å². The molecule has 5 heteroatoms. The van der Waals surface area contributed by atoms with E-state index in [0.717, 1.165) is 27.3 Å². The van der Waals surface area contributed by atoms with Crippen LogP contribution in [-0.4, -0.2) is 7.05 Å². The van der Waals surface area contributed by atoms with Gasteiger partial charge in [0.25, 0.3) is 0 Å². The number of aryl methyl sites for hydroxylation is 1. The first-order chi connectivity index (χ1) is 9.10. The van der Waals surface area contributed by atoms with Gasteiger partial charge in [0.2, 0.25) is 0 Å². The second kappa shape index (κ2) is 6.46. The van der Waals surface area contributed by atoms with E-state index in [-0.39, 0.29) is 0 Å². The third kappa shape index (κ3) is 3.75. The SMILES string of the molecule is CNCc1cc(COc2ccc(Cl)cc2Br)c(C)o1. The van der Waals surface area contributed by atoms with Crippen LogP contribution in [0.5, 0.6) is 5.75 Å². The number of rotatable bonds is 5. The van der Waals surface area contributed by atoms with Crippen molar-refractivity contribution in [3.05, 3.63) is 50.8 Å². The maximum atomic E-state index is 5.89. The monoisotopic (exact) mass is 343 g/mol. The minimum absolute atomic E-state index is 0.472. The van der Waals surface area contributed by atoms with Gasteiger partial charge in [0.15, 0.2) is 0 Å². The average Bonchev–Trinajstić information content (AvgIpc) is 2.69. The smallest absolute Gasteiger partial charge is 0.134 e. The highest BCUT2D eigenvalue weighted by Gasteiger charge is 2.09. The van der Waals surface area contributed by atoms with E-state index in [4.69, 9.17) is 20.8 Å². The van der Waals surface area contributed by atoms with Crippen LogP contribution < -0.4 is 10.1 Å². The van der Waals surface area contributed by atoms with Gasteiger partial charge < -0.3 is 14.5 Å². The van der Waals surface area contributed by atoms with Crippen molar-refractivity contribution < 1.29 is 9.15 Å². The van der Waals surface area contributed by atoms with Gasteiger partial charge >= 0.3 is 0 Å². The van der Waals surface area contributed by atoms with Crippen LogP contribution in [0.1, 0.15) is 17.1 Å². The first-order valence-corrected chi connectivity index (χ1v) is 7.08. The molecule has 0 bridgehead atoms. The summed E-state index contributed by atoms with van der Waals surface area (Å²) in [6.45, 7) is 3.12. The van der Waals surface area contributed by atoms with Crippen molar-refractivity contribution in [2.24, 2.45) is 0 Å². The first-order valence-electron chi connectivity index (χ1n) is 5.91. The molecule has 0 saturated heterocycles. The lowest BCUT2D eigenvalue weighted by Crippen LogP contribution is -2.03. The van der Waals surface area contributed by atoms with Gasteiger partial charge in [-0.15, -0.1) is 0 Å². The highest BCUT2D eigenvalue weighted by molar-refractivity contribution is 9.10. The highest BCUT2D eigenvalue weighted by atomic mass is 79.9. The van der Waals surface area contributed by atoms with Gasteiger partial charge in [-0.2, -0.15) is 0 Å². The normalized spacial score (nSPS) is 10.7. The van der Waals surface area contributed by atoms with E-state index >= 15 is 0 Å². The Hall–Kier alpha value is -0.970. The summed E-state index contributed by atoms with van der Waals surface area (Å²) in [6, 6.07) is 7.47. The van der Waals surface area contributed by atoms with Gasteiger partial charge in [0.1, 0.15) is 23.9 Å². The fourth-order valence-corrected chi connectivity index (χ4v) is 2.54. The van der Waals surface area contributed by atoms with Crippen molar-refractivity contribution >= 4 is 27.5 Å². The average molecular weight is 345 g/mol. The number of hydrogen-bond acceptors (Lipinski definition) is 3. The van der Waals surface area contributed by atoms with Crippen LogP contribution >= 0.6 is 27.5 Å². The molecule has 0 aliphatic rings. The number of halogens is 2. The van der Waals surface area contributed by atoms with Crippen molar-refractivity contribution in [1.82, 2.24) is 5.32 Å². The van der Waals surface area contributed by atoms with Crippen LogP contribution in [0.25, 0.3) is 0 Å². The Morgan fingerprint density at radius 1 is 1.37 bits per heavy atom. The van der Waals surface area contributed by atoms with Gasteiger partial charge in [0.05, 0.1) is 11.0 Å². The number of ether oxygens (including phenoxy) is 1. The zero-order chi connectivity index (χ0) is 13.8. The van der Waals surface area contributed by atoms with Crippen LogP contribution in [0.4, 0.5) is 0 Å². The maximum absolute atomic E-state index is 5.89. The molecule has 0 radical (unpaired) electrons. The summed E-state index contributed by atoms with van der Waals surface area (Å²) in [5, 5.41) is 3.73. The van der Waals surface area contributed by atoms with Gasteiger partial charge in [-0.3, -0.25) is 0 Å². The summed E-state index contributed by atoms with van der Waals surface area (Å²) in [4.78, 5) is 0. The van der Waals surface area contributed by atoms with Gasteiger partial charge in [-0.1, -0.05) is 11.6 Å². The number of benzene rings is 1. The Bertz CT molecular complexity index is 569. The van der Waals surface area contributed by atoms with Crippen molar-refractivity contribution in [3.63, 3.8) is 0 Å². The number of hydrogen-bond donors (Lipinski definition) is 1. The maximum Gasteiger partial charge on any atom is 0.134 e. The summed E-state index contributed by atoms with van der Waals surface area (Å²) in [6.07, 6.45) is 0. The summed E-state index contributed by atoms with van der Waals surface area (Å²) in [7, 11) is 1.89. The molecule has 0 aliphatic carbocycles. The number of furan rings is 1. The molecule has 1 aromatic heterocycles. The van der Waals surface area contributed by atoms with E-state index in [0.29, 0.717) is 18.2 Å². The van der Waals surface area contributed by atoms with E-state index in [1.165, 1.54) is 0 Å². The summed E-state index contributed by atoms with van der Waals surface area (Å²) in [5.74, 6) is 2.56. The Labute approximate surface area is 126 Å². The molecular formula is C14H15BrClNO2. The molecule has 0 fully saturated rings. The minimum Gasteiger partial charge on any atom is -0.488 e. The molecule has 3 nitrogen and oxygen atoms in total. The van der Waals surface area contributed by atoms with Crippen LogP contribution in [0.3, 0.4) is 0 Å². The molecule has 1 N–H and O–H groups in total. The second-order valence-corrected chi connectivity index (χ2v) is 5.48. The Morgan fingerprint density at radius 3 is 2.84 bits per heavy atom. The predicted octanol–water partition coefficient (Wildman–Crippen LogP) is 4.30. The number of nitrogens with one attached hydrogen (secondary N) is 1. The first kappa shape index (κ1) is 14.4. The zero-order valence-corrected chi connectivity index (χ0v) is 13.1. The van der Waals surface area contributed by atoms with E-state index < -0.39 is 0 Å². The molecular weight excluding hydrogens is 330 g/mol. The van der Waals surface area contributed by atoms with Crippen molar-refractivity contribution in [2.75, 3.05) is 7.05 Å². The lowest BCUT2D eigenvalue weighted by Gasteiger charge is -2.07. The molecule has 0 aliphatic heterocycles. The zero-order valence-electron chi connectivity index (χ0n) is 10.8. The third-order valence-corrected chi connectivity index (χ3v) is 3.55. The Morgan fingerprint density at radius 2 is 2.16 bits per heavy atom.